The topological polar surface area (TPSA) is 84.9 Å². The molecule has 3 aromatic rings. The van der Waals surface area contributed by atoms with E-state index in [-0.39, 0.29) is 11.4 Å². The summed E-state index contributed by atoms with van der Waals surface area (Å²) in [5.74, 6) is 0.567. The van der Waals surface area contributed by atoms with Gasteiger partial charge in [0.25, 0.3) is 10.0 Å². The molecule has 8 heteroatoms. The summed E-state index contributed by atoms with van der Waals surface area (Å²) in [7, 11) is -2.46. The van der Waals surface area contributed by atoms with E-state index in [1.165, 1.54) is 12.1 Å². The van der Waals surface area contributed by atoms with Gasteiger partial charge >= 0.3 is 0 Å². The number of amides is 1. The van der Waals surface area contributed by atoms with Gasteiger partial charge in [0.05, 0.1) is 24.3 Å². The summed E-state index contributed by atoms with van der Waals surface area (Å²) in [6, 6.07) is 22.1. The van der Waals surface area contributed by atoms with Gasteiger partial charge in [-0.3, -0.25) is 9.10 Å². The van der Waals surface area contributed by atoms with Crippen LogP contribution in [0.5, 0.6) is 11.5 Å². The number of carbonyl (C=O) groups is 1. The first kappa shape index (κ1) is 23.1. The number of hydrogen-bond acceptors (Lipinski definition) is 5. The molecule has 32 heavy (non-hydrogen) atoms. The molecule has 0 radical (unpaired) electrons. The molecule has 0 atom stereocenters. The highest BCUT2D eigenvalue weighted by Gasteiger charge is 2.29. The van der Waals surface area contributed by atoms with Crippen molar-refractivity contribution in [1.29, 1.82) is 0 Å². The number of benzene rings is 3. The summed E-state index contributed by atoms with van der Waals surface area (Å²) in [5, 5.41) is 2.78. The van der Waals surface area contributed by atoms with E-state index in [0.29, 0.717) is 23.8 Å². The van der Waals surface area contributed by atoms with Gasteiger partial charge < -0.3 is 14.8 Å². The molecule has 3 rings (SSSR count). The normalized spacial score (nSPS) is 10.9. The zero-order chi connectivity index (χ0) is 23.0. The molecule has 0 heterocycles. The Hall–Kier alpha value is -3.52. The molecule has 0 fully saturated rings. The van der Waals surface area contributed by atoms with E-state index in [1.54, 1.807) is 55.6 Å². The van der Waals surface area contributed by atoms with Crippen LogP contribution < -0.4 is 19.1 Å². The van der Waals surface area contributed by atoms with Crippen molar-refractivity contribution >= 4 is 21.6 Å². The second kappa shape index (κ2) is 10.7. The van der Waals surface area contributed by atoms with E-state index in [2.05, 4.69) is 5.32 Å². The molecule has 0 saturated heterocycles. The largest absolute Gasteiger partial charge is 0.496 e. The molecule has 0 aliphatic heterocycles. The number of para-hydroxylation sites is 3. The maximum atomic E-state index is 13.5. The minimum absolute atomic E-state index is 0.0869. The molecular formula is C24H26N2O5S. The molecule has 0 bridgehead atoms. The third-order valence-electron chi connectivity index (χ3n) is 4.72. The third-order valence-corrected chi connectivity index (χ3v) is 6.49. The minimum atomic E-state index is -4.02. The van der Waals surface area contributed by atoms with Crippen molar-refractivity contribution in [1.82, 2.24) is 5.32 Å². The second-order valence-corrected chi connectivity index (χ2v) is 8.68. The lowest BCUT2D eigenvalue weighted by molar-refractivity contribution is -0.119. The first-order valence-electron chi connectivity index (χ1n) is 10.2. The molecule has 0 aliphatic rings. The summed E-state index contributed by atoms with van der Waals surface area (Å²) in [5.41, 5.74) is 1.08. The Bertz CT molecular complexity index is 1150. The van der Waals surface area contributed by atoms with Crippen LogP contribution in [0.15, 0.2) is 83.8 Å². The van der Waals surface area contributed by atoms with Crippen molar-refractivity contribution in [3.63, 3.8) is 0 Å². The predicted octanol–water partition coefficient (Wildman–Crippen LogP) is 3.61. The fraction of sp³-hybridized carbons (Fsp3) is 0.208. The number of ether oxygens (including phenoxy) is 2. The van der Waals surface area contributed by atoms with Crippen LogP contribution in [0.3, 0.4) is 0 Å². The average Bonchev–Trinajstić information content (AvgIpc) is 2.82. The highest BCUT2D eigenvalue weighted by Crippen LogP contribution is 2.32. The monoisotopic (exact) mass is 454 g/mol. The molecule has 1 N–H and O–H groups in total. The summed E-state index contributed by atoms with van der Waals surface area (Å²) in [6.45, 7) is 1.97. The van der Waals surface area contributed by atoms with Gasteiger partial charge in [-0.2, -0.15) is 0 Å². The summed E-state index contributed by atoms with van der Waals surface area (Å²) >= 11 is 0. The van der Waals surface area contributed by atoms with Gasteiger partial charge in [0.2, 0.25) is 5.91 Å². The quantitative estimate of drug-likeness (QED) is 0.506. The van der Waals surface area contributed by atoms with Crippen LogP contribution in [0, 0.1) is 0 Å². The SMILES string of the molecule is CCOc1ccccc1N(CC(=O)NCc1ccccc1OC)S(=O)(=O)c1ccccc1. The Balaban J connectivity index is 1.90. The van der Waals surface area contributed by atoms with Crippen LogP contribution in [0.4, 0.5) is 5.69 Å². The summed E-state index contributed by atoms with van der Waals surface area (Å²) in [6.07, 6.45) is 0. The Kier molecular flexibility index (Phi) is 7.72. The summed E-state index contributed by atoms with van der Waals surface area (Å²) < 4.78 is 39.0. The van der Waals surface area contributed by atoms with E-state index in [9.17, 15) is 13.2 Å². The molecule has 0 aromatic heterocycles. The molecule has 1 amide bonds. The molecule has 7 nitrogen and oxygen atoms in total. The number of anilines is 1. The van der Waals surface area contributed by atoms with Gasteiger partial charge in [0, 0.05) is 12.1 Å². The molecule has 0 spiro atoms. The third kappa shape index (κ3) is 5.39. The fourth-order valence-corrected chi connectivity index (χ4v) is 4.64. The smallest absolute Gasteiger partial charge is 0.264 e. The van der Waals surface area contributed by atoms with Crippen LogP contribution in [0.2, 0.25) is 0 Å². The van der Waals surface area contributed by atoms with Gasteiger partial charge in [0.1, 0.15) is 18.0 Å². The van der Waals surface area contributed by atoms with Crippen molar-refractivity contribution in [3.05, 3.63) is 84.4 Å². The van der Waals surface area contributed by atoms with Crippen LogP contribution >= 0.6 is 0 Å². The van der Waals surface area contributed by atoms with E-state index in [4.69, 9.17) is 9.47 Å². The van der Waals surface area contributed by atoms with Gasteiger partial charge in [-0.25, -0.2) is 8.42 Å². The summed E-state index contributed by atoms with van der Waals surface area (Å²) in [4.78, 5) is 12.9. The lowest BCUT2D eigenvalue weighted by Crippen LogP contribution is -2.41. The molecule has 0 aliphatic carbocycles. The molecule has 3 aromatic carbocycles. The number of hydrogen-bond donors (Lipinski definition) is 1. The highest BCUT2D eigenvalue weighted by atomic mass is 32.2. The highest BCUT2D eigenvalue weighted by molar-refractivity contribution is 7.92. The lowest BCUT2D eigenvalue weighted by Gasteiger charge is -2.26. The number of sulfonamides is 1. The number of carbonyl (C=O) groups excluding carboxylic acids is 1. The Labute approximate surface area is 188 Å². The van der Waals surface area contributed by atoms with Gasteiger partial charge in [-0.15, -0.1) is 0 Å². The first-order valence-corrected chi connectivity index (χ1v) is 11.6. The lowest BCUT2D eigenvalue weighted by atomic mass is 10.2. The second-order valence-electron chi connectivity index (χ2n) is 6.81. The fourth-order valence-electron chi connectivity index (χ4n) is 3.19. The van der Waals surface area contributed by atoms with Crippen molar-refractivity contribution in [2.24, 2.45) is 0 Å². The van der Waals surface area contributed by atoms with Crippen LogP contribution in [-0.4, -0.2) is 34.6 Å². The van der Waals surface area contributed by atoms with Crippen molar-refractivity contribution in [2.45, 2.75) is 18.4 Å². The van der Waals surface area contributed by atoms with E-state index < -0.39 is 22.5 Å². The van der Waals surface area contributed by atoms with E-state index >= 15 is 0 Å². The Morgan fingerprint density at radius 3 is 2.22 bits per heavy atom. The number of nitrogens with one attached hydrogen (secondary N) is 1. The van der Waals surface area contributed by atoms with Crippen molar-refractivity contribution in [2.75, 3.05) is 24.6 Å². The first-order chi connectivity index (χ1) is 15.5. The number of nitrogens with zero attached hydrogens (tertiary/aromatic N) is 1. The maximum absolute atomic E-state index is 13.5. The Morgan fingerprint density at radius 1 is 0.906 bits per heavy atom. The maximum Gasteiger partial charge on any atom is 0.264 e. The van der Waals surface area contributed by atoms with Gasteiger partial charge in [0.15, 0.2) is 0 Å². The molecular weight excluding hydrogens is 428 g/mol. The van der Waals surface area contributed by atoms with Crippen molar-refractivity contribution < 1.29 is 22.7 Å². The van der Waals surface area contributed by atoms with Crippen molar-refractivity contribution in [3.8, 4) is 11.5 Å². The zero-order valence-corrected chi connectivity index (χ0v) is 18.8. The number of rotatable bonds is 10. The van der Waals surface area contributed by atoms with E-state index in [0.717, 1.165) is 9.87 Å². The Morgan fingerprint density at radius 2 is 1.53 bits per heavy atom. The van der Waals surface area contributed by atoms with E-state index in [1.807, 2.05) is 25.1 Å². The number of methoxy groups -OCH3 is 1. The van der Waals surface area contributed by atoms with Crippen LogP contribution in [0.1, 0.15) is 12.5 Å². The standard InChI is InChI=1S/C24H26N2O5S/c1-3-31-23-16-10-8-14-21(23)26(32(28,29)20-12-5-4-6-13-20)18-24(27)25-17-19-11-7-9-15-22(19)30-2/h4-16H,3,17-18H2,1-2H3,(H,25,27). The van der Waals surface area contributed by atoms with Crippen LogP contribution in [0.25, 0.3) is 0 Å². The molecule has 0 unspecified atom stereocenters. The minimum Gasteiger partial charge on any atom is -0.496 e. The molecule has 168 valence electrons. The van der Waals surface area contributed by atoms with Crippen LogP contribution in [-0.2, 0) is 21.4 Å². The average molecular weight is 455 g/mol. The predicted molar refractivity (Wildman–Crippen MR) is 123 cm³/mol. The molecule has 0 saturated carbocycles. The van der Waals surface area contributed by atoms with Gasteiger partial charge in [-0.05, 0) is 37.3 Å². The zero-order valence-electron chi connectivity index (χ0n) is 18.0. The van der Waals surface area contributed by atoms with Gasteiger partial charge in [-0.1, -0.05) is 48.5 Å².